The second-order valence-electron chi connectivity index (χ2n) is 6.73. The number of carbonyl (C=O) groups is 1. The molecule has 0 bridgehead atoms. The van der Waals surface area contributed by atoms with E-state index >= 15 is 0 Å². The van der Waals surface area contributed by atoms with Crippen LogP contribution in [0.5, 0.6) is 5.75 Å². The molecule has 0 spiro atoms. The van der Waals surface area contributed by atoms with Gasteiger partial charge in [-0.25, -0.2) is 13.8 Å². The van der Waals surface area contributed by atoms with E-state index in [0.717, 1.165) is 41.9 Å². The Labute approximate surface area is 182 Å². The van der Waals surface area contributed by atoms with E-state index in [1.807, 2.05) is 26.0 Å². The number of hydrogen-bond donors (Lipinski definition) is 1. The van der Waals surface area contributed by atoms with Crippen LogP contribution in [0.2, 0.25) is 5.02 Å². The number of unbranched alkanes of at least 4 members (excludes halogenated alkanes) is 2. The van der Waals surface area contributed by atoms with Crippen LogP contribution in [0.1, 0.15) is 69.6 Å². The normalized spacial score (nSPS) is 11.0. The molecule has 4 nitrogen and oxygen atoms in total. The van der Waals surface area contributed by atoms with Crippen LogP contribution < -0.4 is 10.1 Å². The van der Waals surface area contributed by atoms with Gasteiger partial charge in [0.1, 0.15) is 0 Å². The number of halogens is 3. The smallest absolute Gasteiger partial charge is 0.276 e. The Hall–Kier alpha value is -2.47. The van der Waals surface area contributed by atoms with Gasteiger partial charge in [0.2, 0.25) is 0 Å². The van der Waals surface area contributed by atoms with Crippen LogP contribution in [0, 0.1) is 11.6 Å². The van der Waals surface area contributed by atoms with Crippen LogP contribution in [-0.2, 0) is 0 Å². The second-order valence-corrected chi connectivity index (χ2v) is 7.16. The van der Waals surface area contributed by atoms with Gasteiger partial charge < -0.3 is 10.1 Å². The zero-order valence-electron chi connectivity index (χ0n) is 17.9. The first-order valence-electron chi connectivity index (χ1n) is 10.0. The molecule has 0 saturated carbocycles. The van der Waals surface area contributed by atoms with Crippen molar-refractivity contribution >= 4 is 28.8 Å². The number of carbonyl (C=O) groups excluding carboxylic acids is 1. The molecule has 1 amide bonds. The third-order valence-corrected chi connectivity index (χ3v) is 4.22. The van der Waals surface area contributed by atoms with Crippen LogP contribution in [0.4, 0.5) is 14.5 Å². The standard InChI is InChI=1S/C10H11ClF2O.C9H8N2O.C4H10/c1-2-3-4-14-10-8(12)5-7(11)6-9(10)13;1-5(2)6-3-4-7-8(10-6)9(12)11-7;1-3-4-2/h5-6H,2-4H2,1H3;3-4H,1H2,2H3,(H,11,12);3-4H2,1-2H3. The number of benzene rings is 1. The Balaban J connectivity index is 0.000000257. The highest BCUT2D eigenvalue weighted by molar-refractivity contribution is 6.30. The molecule has 1 N–H and O–H groups in total. The van der Waals surface area contributed by atoms with Gasteiger partial charge in [0, 0.05) is 5.02 Å². The van der Waals surface area contributed by atoms with Crippen LogP contribution in [0.3, 0.4) is 0 Å². The molecular weight excluding hydrogens is 410 g/mol. The van der Waals surface area contributed by atoms with Gasteiger partial charge in [-0.2, -0.15) is 0 Å². The Morgan fingerprint density at radius 1 is 1.13 bits per heavy atom. The van der Waals surface area contributed by atoms with E-state index in [0.29, 0.717) is 12.3 Å². The van der Waals surface area contributed by atoms with E-state index in [9.17, 15) is 13.6 Å². The van der Waals surface area contributed by atoms with Crippen molar-refractivity contribution in [2.24, 2.45) is 0 Å². The predicted octanol–water partition coefficient (Wildman–Crippen LogP) is 7.28. The number of hydrogen-bond acceptors (Lipinski definition) is 3. The summed E-state index contributed by atoms with van der Waals surface area (Å²) in [5, 5.41) is 2.65. The molecule has 1 aromatic carbocycles. The van der Waals surface area contributed by atoms with Gasteiger partial charge in [-0.15, -0.1) is 0 Å². The Morgan fingerprint density at radius 3 is 2.20 bits per heavy atom. The van der Waals surface area contributed by atoms with Gasteiger partial charge in [-0.3, -0.25) is 4.79 Å². The van der Waals surface area contributed by atoms with Crippen molar-refractivity contribution in [1.29, 1.82) is 0 Å². The summed E-state index contributed by atoms with van der Waals surface area (Å²) in [5.41, 5.74) is 2.99. The van der Waals surface area contributed by atoms with Gasteiger partial charge in [0.05, 0.1) is 18.0 Å². The molecule has 0 saturated heterocycles. The largest absolute Gasteiger partial charge is 0.488 e. The van der Waals surface area contributed by atoms with Gasteiger partial charge in [-0.1, -0.05) is 58.2 Å². The van der Waals surface area contributed by atoms with Gasteiger partial charge in [0.25, 0.3) is 5.91 Å². The fourth-order valence-corrected chi connectivity index (χ4v) is 2.27. The monoisotopic (exact) mass is 438 g/mol. The third-order valence-electron chi connectivity index (χ3n) is 4.00. The Kier molecular flexibility index (Phi) is 11.0. The predicted molar refractivity (Wildman–Crippen MR) is 119 cm³/mol. The molecule has 0 radical (unpaired) electrons. The molecular formula is C23H29ClF2N2O2. The SMILES string of the molecule is C=C(C)c1ccc2c(n1)C(=O)N2.CCCC.CCCCOc1c(F)cc(Cl)cc1F. The lowest BCUT2D eigenvalue weighted by Crippen LogP contribution is -2.26. The zero-order chi connectivity index (χ0) is 22.7. The minimum atomic E-state index is -0.758. The van der Waals surface area contributed by atoms with Gasteiger partial charge >= 0.3 is 0 Å². The summed E-state index contributed by atoms with van der Waals surface area (Å²) in [4.78, 5) is 15.0. The number of rotatable bonds is 6. The zero-order valence-corrected chi connectivity index (χ0v) is 18.7. The van der Waals surface area contributed by atoms with Crippen molar-refractivity contribution in [2.75, 3.05) is 11.9 Å². The first kappa shape index (κ1) is 25.6. The number of ether oxygens (including phenoxy) is 1. The van der Waals surface area contributed by atoms with E-state index in [2.05, 4.69) is 30.7 Å². The van der Waals surface area contributed by atoms with Crippen molar-refractivity contribution in [2.45, 2.75) is 53.4 Å². The summed E-state index contributed by atoms with van der Waals surface area (Å²) in [7, 11) is 0. The number of nitrogens with zero attached hydrogens (tertiary/aromatic N) is 1. The topological polar surface area (TPSA) is 51.2 Å². The minimum absolute atomic E-state index is 0.0304. The quantitative estimate of drug-likeness (QED) is 0.482. The van der Waals surface area contributed by atoms with Crippen molar-refractivity contribution in [3.8, 4) is 5.75 Å². The molecule has 0 unspecified atom stereocenters. The molecule has 7 heteroatoms. The van der Waals surface area contributed by atoms with E-state index in [1.165, 1.54) is 12.8 Å². The highest BCUT2D eigenvalue weighted by Crippen LogP contribution is 2.26. The van der Waals surface area contributed by atoms with Crippen molar-refractivity contribution in [3.05, 3.63) is 58.9 Å². The summed E-state index contributed by atoms with van der Waals surface area (Å²) in [6.45, 7) is 12.3. The molecule has 2 heterocycles. The van der Waals surface area contributed by atoms with Crippen LogP contribution in [0.15, 0.2) is 30.8 Å². The number of pyridine rings is 1. The number of amides is 1. The average molecular weight is 439 g/mol. The van der Waals surface area contributed by atoms with Crippen molar-refractivity contribution in [3.63, 3.8) is 0 Å². The molecule has 1 aliphatic rings. The average Bonchev–Trinajstić information content (AvgIpc) is 2.69. The molecule has 30 heavy (non-hydrogen) atoms. The molecule has 1 aromatic heterocycles. The highest BCUT2D eigenvalue weighted by Gasteiger charge is 2.24. The first-order chi connectivity index (χ1) is 14.2. The van der Waals surface area contributed by atoms with Crippen LogP contribution >= 0.6 is 11.6 Å². The van der Waals surface area contributed by atoms with Crippen LogP contribution in [-0.4, -0.2) is 17.5 Å². The number of fused-ring (bicyclic) bond motifs is 1. The number of anilines is 1. The summed E-state index contributed by atoms with van der Waals surface area (Å²) < 4.78 is 31.1. The Bertz CT molecular complexity index is 847. The number of allylic oxidation sites excluding steroid dienone is 1. The second kappa shape index (κ2) is 13.0. The molecule has 0 fully saturated rings. The lowest BCUT2D eigenvalue weighted by atomic mass is 10.1. The summed E-state index contributed by atoms with van der Waals surface area (Å²) in [5.74, 6) is -1.96. The van der Waals surface area contributed by atoms with Crippen molar-refractivity contribution < 1.29 is 18.3 Å². The molecule has 2 aromatic rings. The van der Waals surface area contributed by atoms with E-state index in [-0.39, 0.29) is 16.7 Å². The fraction of sp³-hybridized carbons (Fsp3) is 0.391. The number of aromatic nitrogens is 1. The minimum Gasteiger partial charge on any atom is -0.488 e. The first-order valence-corrected chi connectivity index (χ1v) is 10.4. The van der Waals surface area contributed by atoms with E-state index in [4.69, 9.17) is 16.3 Å². The molecule has 164 valence electrons. The molecule has 3 rings (SSSR count). The van der Waals surface area contributed by atoms with Crippen LogP contribution in [0.25, 0.3) is 5.57 Å². The van der Waals surface area contributed by atoms with Gasteiger partial charge in [0.15, 0.2) is 23.1 Å². The lowest BCUT2D eigenvalue weighted by Gasteiger charge is -2.18. The Morgan fingerprint density at radius 2 is 1.73 bits per heavy atom. The molecule has 1 aliphatic heterocycles. The summed E-state index contributed by atoms with van der Waals surface area (Å²) >= 11 is 5.45. The van der Waals surface area contributed by atoms with E-state index in [1.54, 1.807) is 0 Å². The van der Waals surface area contributed by atoms with Crippen molar-refractivity contribution in [1.82, 2.24) is 4.98 Å². The van der Waals surface area contributed by atoms with E-state index < -0.39 is 11.6 Å². The molecule has 0 atom stereocenters. The third kappa shape index (κ3) is 7.75. The maximum atomic E-state index is 13.1. The lowest BCUT2D eigenvalue weighted by molar-refractivity contribution is 0.100. The fourth-order valence-electron chi connectivity index (χ4n) is 2.08. The summed E-state index contributed by atoms with van der Waals surface area (Å²) in [6.07, 6.45) is 4.32. The van der Waals surface area contributed by atoms with Gasteiger partial charge in [-0.05, 0) is 43.2 Å². The molecule has 0 aliphatic carbocycles. The highest BCUT2D eigenvalue weighted by atomic mass is 35.5. The summed E-state index contributed by atoms with van der Waals surface area (Å²) in [6, 6.07) is 5.76. The maximum absolute atomic E-state index is 13.1. The number of nitrogens with one attached hydrogen (secondary N) is 1. The maximum Gasteiger partial charge on any atom is 0.276 e.